The molecular weight excluding hydrogens is 387 g/mol. The van der Waals surface area contributed by atoms with E-state index in [-0.39, 0.29) is 22.3 Å². The lowest BCUT2D eigenvalue weighted by atomic mass is 10.1. The molecule has 2 N–H and O–H groups in total. The zero-order chi connectivity index (χ0) is 13.9. The molecule has 20 heavy (non-hydrogen) atoms. The number of halogens is 3. The van der Waals surface area contributed by atoms with Gasteiger partial charge in [0.1, 0.15) is 4.90 Å². The van der Waals surface area contributed by atoms with E-state index >= 15 is 0 Å². The monoisotopic (exact) mass is 400 g/mol. The van der Waals surface area contributed by atoms with Gasteiger partial charge in [-0.3, -0.25) is 0 Å². The molecule has 0 amide bonds. The molecule has 0 fully saturated rings. The van der Waals surface area contributed by atoms with Crippen molar-refractivity contribution in [2.24, 2.45) is 0 Å². The molecule has 0 atom stereocenters. The van der Waals surface area contributed by atoms with Crippen LogP contribution in [0.2, 0.25) is 5.02 Å². The van der Waals surface area contributed by atoms with Crippen molar-refractivity contribution in [2.45, 2.75) is 11.3 Å². The topological polar surface area (TPSA) is 58.2 Å². The third-order valence-corrected chi connectivity index (χ3v) is 5.69. The largest absolute Gasteiger partial charge is 0.313 e. The Morgan fingerprint density at radius 2 is 2.15 bits per heavy atom. The summed E-state index contributed by atoms with van der Waals surface area (Å²) in [5.41, 5.74) is 1.09. The van der Waals surface area contributed by atoms with Crippen molar-refractivity contribution in [3.63, 3.8) is 0 Å². The number of benzene rings is 1. The van der Waals surface area contributed by atoms with Crippen LogP contribution in [0, 0.1) is 0 Å². The van der Waals surface area contributed by atoms with E-state index in [1.807, 2.05) is 6.08 Å². The fraction of sp³-hybridized carbons (Fsp3) is 0.333. The van der Waals surface area contributed by atoms with Crippen molar-refractivity contribution < 1.29 is 8.42 Å². The Morgan fingerprint density at radius 3 is 2.75 bits per heavy atom. The van der Waals surface area contributed by atoms with Crippen molar-refractivity contribution in [1.82, 2.24) is 10.0 Å². The highest BCUT2D eigenvalue weighted by atomic mass is 79.9. The van der Waals surface area contributed by atoms with Crippen molar-refractivity contribution in [3.05, 3.63) is 39.3 Å². The Balaban J connectivity index is 0.00000200. The van der Waals surface area contributed by atoms with Gasteiger partial charge in [-0.1, -0.05) is 29.3 Å². The quantitative estimate of drug-likeness (QED) is 0.762. The molecule has 1 aromatic rings. The third-order valence-electron chi connectivity index (χ3n) is 2.83. The lowest BCUT2D eigenvalue weighted by molar-refractivity contribution is 0.582. The standard InChI is InChI=1S/C12H14BrClN2O2S.ClH/c13-10-2-1-3-11(14)12(10)19(17,18)16-8-9-4-6-15-7-5-9;/h1-4,15-16H,5-8H2;1H. The summed E-state index contributed by atoms with van der Waals surface area (Å²) < 4.78 is 27.5. The van der Waals surface area contributed by atoms with Gasteiger partial charge in [0.15, 0.2) is 0 Å². The van der Waals surface area contributed by atoms with Gasteiger partial charge in [0, 0.05) is 17.6 Å². The number of sulfonamides is 1. The molecule has 0 bridgehead atoms. The predicted octanol–water partition coefficient (Wildman–Crippen LogP) is 2.72. The van der Waals surface area contributed by atoms with E-state index in [2.05, 4.69) is 26.0 Å². The molecule has 2 rings (SSSR count). The second kappa shape index (κ2) is 7.77. The van der Waals surface area contributed by atoms with Crippen LogP contribution in [0.25, 0.3) is 0 Å². The molecule has 0 spiro atoms. The Kier molecular flexibility index (Phi) is 6.97. The minimum Gasteiger partial charge on any atom is -0.313 e. The van der Waals surface area contributed by atoms with Gasteiger partial charge in [0.05, 0.1) is 5.02 Å². The van der Waals surface area contributed by atoms with Crippen LogP contribution in [0.1, 0.15) is 6.42 Å². The van der Waals surface area contributed by atoms with Gasteiger partial charge in [0.2, 0.25) is 10.0 Å². The summed E-state index contributed by atoms with van der Waals surface area (Å²) in [4.78, 5) is 0.0891. The molecule has 1 aliphatic rings. The molecule has 1 aliphatic heterocycles. The summed E-state index contributed by atoms with van der Waals surface area (Å²) in [6, 6.07) is 4.91. The zero-order valence-corrected chi connectivity index (χ0v) is 14.5. The van der Waals surface area contributed by atoms with Crippen LogP contribution in [0.15, 0.2) is 39.2 Å². The summed E-state index contributed by atoms with van der Waals surface area (Å²) in [7, 11) is -3.61. The fourth-order valence-corrected chi connectivity index (χ4v) is 4.60. The van der Waals surface area contributed by atoms with E-state index in [0.717, 1.165) is 25.1 Å². The van der Waals surface area contributed by atoms with Crippen LogP contribution < -0.4 is 10.0 Å². The molecule has 0 saturated carbocycles. The summed E-state index contributed by atoms with van der Waals surface area (Å²) in [5.74, 6) is 0. The lowest BCUT2D eigenvalue weighted by Crippen LogP contribution is -2.30. The van der Waals surface area contributed by atoms with Crippen molar-refractivity contribution >= 4 is 50.0 Å². The van der Waals surface area contributed by atoms with Gasteiger partial charge < -0.3 is 5.32 Å². The fourth-order valence-electron chi connectivity index (χ4n) is 1.83. The first-order valence-corrected chi connectivity index (χ1v) is 8.48. The van der Waals surface area contributed by atoms with E-state index in [9.17, 15) is 8.42 Å². The van der Waals surface area contributed by atoms with E-state index in [1.165, 1.54) is 0 Å². The van der Waals surface area contributed by atoms with Crippen LogP contribution in [-0.4, -0.2) is 28.1 Å². The molecule has 8 heteroatoms. The van der Waals surface area contributed by atoms with E-state index in [0.29, 0.717) is 11.0 Å². The van der Waals surface area contributed by atoms with Gasteiger partial charge in [-0.25, -0.2) is 13.1 Å². The molecule has 0 unspecified atom stereocenters. The third kappa shape index (κ3) is 4.44. The first-order valence-electron chi connectivity index (χ1n) is 5.83. The Bertz CT molecular complexity index is 585. The SMILES string of the molecule is Cl.O=S(=O)(NCC1=CCNCC1)c1c(Cl)cccc1Br. The van der Waals surface area contributed by atoms with Crippen LogP contribution in [0.3, 0.4) is 0 Å². The van der Waals surface area contributed by atoms with E-state index in [1.54, 1.807) is 18.2 Å². The molecule has 1 aromatic carbocycles. The zero-order valence-electron chi connectivity index (χ0n) is 10.5. The summed E-state index contributed by atoms with van der Waals surface area (Å²) in [6.45, 7) is 1.98. The number of nitrogens with one attached hydrogen (secondary N) is 2. The minimum absolute atomic E-state index is 0. The first-order chi connectivity index (χ1) is 9.00. The van der Waals surface area contributed by atoms with Crippen LogP contribution >= 0.6 is 39.9 Å². The predicted molar refractivity (Wildman–Crippen MR) is 87.2 cm³/mol. The molecule has 0 aromatic heterocycles. The Labute approximate surface area is 138 Å². The van der Waals surface area contributed by atoms with Crippen molar-refractivity contribution in [1.29, 1.82) is 0 Å². The van der Waals surface area contributed by atoms with Crippen LogP contribution in [-0.2, 0) is 10.0 Å². The van der Waals surface area contributed by atoms with Crippen LogP contribution in [0.4, 0.5) is 0 Å². The van der Waals surface area contributed by atoms with Crippen molar-refractivity contribution in [2.75, 3.05) is 19.6 Å². The first kappa shape index (κ1) is 17.9. The highest BCUT2D eigenvalue weighted by Crippen LogP contribution is 2.29. The smallest absolute Gasteiger partial charge is 0.243 e. The highest BCUT2D eigenvalue weighted by molar-refractivity contribution is 9.10. The van der Waals surface area contributed by atoms with Gasteiger partial charge >= 0.3 is 0 Å². The summed E-state index contributed by atoms with van der Waals surface area (Å²) in [6.07, 6.45) is 2.86. The van der Waals surface area contributed by atoms with Crippen molar-refractivity contribution in [3.8, 4) is 0 Å². The molecule has 1 heterocycles. The molecule has 112 valence electrons. The second-order valence-corrected chi connectivity index (χ2v) is 7.16. The number of hydrogen-bond acceptors (Lipinski definition) is 3. The maximum absolute atomic E-state index is 12.2. The van der Waals surface area contributed by atoms with E-state index in [4.69, 9.17) is 11.6 Å². The molecule has 0 saturated heterocycles. The maximum atomic E-state index is 12.2. The number of rotatable bonds is 4. The van der Waals surface area contributed by atoms with E-state index < -0.39 is 10.0 Å². The number of hydrogen-bond donors (Lipinski definition) is 2. The Morgan fingerprint density at radius 1 is 1.40 bits per heavy atom. The van der Waals surface area contributed by atoms with Gasteiger partial charge in [-0.15, -0.1) is 12.4 Å². The maximum Gasteiger partial charge on any atom is 0.243 e. The highest BCUT2D eigenvalue weighted by Gasteiger charge is 2.21. The van der Waals surface area contributed by atoms with Gasteiger partial charge in [0.25, 0.3) is 0 Å². The van der Waals surface area contributed by atoms with Gasteiger partial charge in [-0.05, 0) is 41.0 Å². The summed E-state index contributed by atoms with van der Waals surface area (Å²) in [5, 5.41) is 3.39. The molecular formula is C12H15BrCl2N2O2S. The normalized spacial score (nSPS) is 15.4. The second-order valence-electron chi connectivity index (χ2n) is 4.19. The van der Waals surface area contributed by atoms with Gasteiger partial charge in [-0.2, -0.15) is 0 Å². The molecule has 4 nitrogen and oxygen atoms in total. The summed E-state index contributed by atoms with van der Waals surface area (Å²) >= 11 is 9.18. The average Bonchev–Trinajstić information content (AvgIpc) is 2.37. The average molecular weight is 402 g/mol. The molecule has 0 radical (unpaired) electrons. The lowest BCUT2D eigenvalue weighted by Gasteiger charge is -2.15. The van der Waals surface area contributed by atoms with Crippen LogP contribution in [0.5, 0.6) is 0 Å². The Hall–Kier alpha value is -0.110. The minimum atomic E-state index is -3.61. The molecule has 0 aliphatic carbocycles.